The van der Waals surface area contributed by atoms with Crippen molar-refractivity contribution in [3.05, 3.63) is 105 Å². The fourth-order valence-corrected chi connectivity index (χ4v) is 4.69. The van der Waals surface area contributed by atoms with E-state index in [1.165, 1.54) is 5.56 Å². The monoisotopic (exact) mass is 468 g/mol. The third kappa shape index (κ3) is 5.11. The Morgan fingerprint density at radius 2 is 1.03 bits per heavy atom. The Balaban J connectivity index is 1.37. The van der Waals surface area contributed by atoms with Crippen molar-refractivity contribution in [1.82, 2.24) is 39.9 Å². The van der Waals surface area contributed by atoms with E-state index in [1.54, 1.807) is 0 Å². The molecule has 8 heteroatoms. The molecule has 4 heterocycles. The van der Waals surface area contributed by atoms with Crippen LogP contribution in [0.25, 0.3) is 0 Å². The fraction of sp³-hybridized carbons (Fsp3) is 0.333. The Hall–Kier alpha value is -3.94. The summed E-state index contributed by atoms with van der Waals surface area (Å²) in [7, 11) is 0. The molecular weight excluding hydrogens is 436 g/mol. The van der Waals surface area contributed by atoms with Gasteiger partial charge in [0.15, 0.2) is 0 Å². The Kier molecular flexibility index (Phi) is 6.11. The predicted molar refractivity (Wildman–Crippen MR) is 136 cm³/mol. The van der Waals surface area contributed by atoms with Crippen LogP contribution in [0.2, 0.25) is 0 Å². The maximum absolute atomic E-state index is 4.91. The number of hydrogen-bond donors (Lipinski definition) is 4. The lowest BCUT2D eigenvalue weighted by Crippen LogP contribution is -2.02. The summed E-state index contributed by atoms with van der Waals surface area (Å²) in [6.07, 6.45) is 2.86. The molecular formula is C27H32N8. The van der Waals surface area contributed by atoms with Crippen LogP contribution in [0.3, 0.4) is 0 Å². The summed E-state index contributed by atoms with van der Waals surface area (Å²) in [5.74, 6) is 3.73. The molecule has 0 amide bonds. The van der Waals surface area contributed by atoms with Gasteiger partial charge in [0.05, 0.1) is 22.8 Å². The van der Waals surface area contributed by atoms with Gasteiger partial charge in [-0.25, -0.2) is 19.9 Å². The molecule has 4 N–H and O–H groups in total. The second kappa shape index (κ2) is 9.37. The highest BCUT2D eigenvalue weighted by atomic mass is 15.0. The van der Waals surface area contributed by atoms with Crippen LogP contribution in [0, 0.1) is 34.6 Å². The molecule has 5 aromatic rings. The molecule has 1 aromatic carbocycles. The minimum Gasteiger partial charge on any atom is -0.346 e. The second-order valence-electron chi connectivity index (χ2n) is 9.34. The molecule has 0 aliphatic rings. The molecule has 35 heavy (non-hydrogen) atoms. The first-order chi connectivity index (χ1) is 16.8. The summed E-state index contributed by atoms with van der Waals surface area (Å²) < 4.78 is 0. The Morgan fingerprint density at radius 1 is 0.514 bits per heavy atom. The summed E-state index contributed by atoms with van der Waals surface area (Å²) in [6, 6.07) is 10.4. The van der Waals surface area contributed by atoms with Crippen LogP contribution in [0.15, 0.2) is 30.3 Å². The zero-order chi connectivity index (χ0) is 24.5. The van der Waals surface area contributed by atoms with Gasteiger partial charge in [0.1, 0.15) is 23.3 Å². The summed E-state index contributed by atoms with van der Waals surface area (Å²) >= 11 is 0. The lowest BCUT2D eigenvalue weighted by Gasteiger charge is -2.04. The van der Waals surface area contributed by atoms with E-state index >= 15 is 0 Å². The number of H-pyrrole nitrogens is 4. The van der Waals surface area contributed by atoms with Crippen molar-refractivity contribution in [3.8, 4) is 0 Å². The third-order valence-electron chi connectivity index (χ3n) is 6.34. The van der Waals surface area contributed by atoms with Gasteiger partial charge >= 0.3 is 0 Å². The van der Waals surface area contributed by atoms with E-state index in [0.717, 1.165) is 75.3 Å². The SMILES string of the molecule is Cc1nc(Cc2nc(C)[nH]c2Cc2[nH]c(C)nc2Cc2nc(Cc3ccccc3)[nH]c2C)c(C)[nH]1. The highest BCUT2D eigenvalue weighted by molar-refractivity contribution is 5.32. The molecule has 0 bridgehead atoms. The van der Waals surface area contributed by atoms with Crippen LogP contribution in [-0.2, 0) is 25.7 Å². The van der Waals surface area contributed by atoms with Crippen molar-refractivity contribution in [2.24, 2.45) is 0 Å². The molecule has 0 atom stereocenters. The fourth-order valence-electron chi connectivity index (χ4n) is 4.69. The van der Waals surface area contributed by atoms with Crippen molar-refractivity contribution >= 4 is 0 Å². The lowest BCUT2D eigenvalue weighted by molar-refractivity contribution is 0.939. The van der Waals surface area contributed by atoms with Gasteiger partial charge in [-0.05, 0) is 40.2 Å². The third-order valence-corrected chi connectivity index (χ3v) is 6.34. The maximum atomic E-state index is 4.91. The molecule has 0 spiro atoms. The topological polar surface area (TPSA) is 115 Å². The molecule has 0 unspecified atom stereocenters. The minimum absolute atomic E-state index is 0.677. The Labute approximate surface area is 205 Å². The minimum atomic E-state index is 0.677. The summed E-state index contributed by atoms with van der Waals surface area (Å²) in [4.78, 5) is 32.8. The van der Waals surface area contributed by atoms with Crippen LogP contribution >= 0.6 is 0 Å². The van der Waals surface area contributed by atoms with Crippen molar-refractivity contribution in [1.29, 1.82) is 0 Å². The maximum Gasteiger partial charge on any atom is 0.111 e. The number of aryl methyl sites for hydroxylation is 5. The normalized spacial score (nSPS) is 11.5. The average molecular weight is 469 g/mol. The van der Waals surface area contributed by atoms with E-state index in [1.807, 2.05) is 26.8 Å². The van der Waals surface area contributed by atoms with Crippen LogP contribution in [0.1, 0.15) is 74.4 Å². The number of aromatic nitrogens is 8. The molecule has 4 aromatic heterocycles. The van der Waals surface area contributed by atoms with Crippen molar-refractivity contribution in [2.75, 3.05) is 0 Å². The van der Waals surface area contributed by atoms with Gasteiger partial charge in [-0.1, -0.05) is 30.3 Å². The quantitative estimate of drug-likeness (QED) is 0.269. The van der Waals surface area contributed by atoms with Gasteiger partial charge in [0.25, 0.3) is 0 Å². The molecule has 0 saturated carbocycles. The van der Waals surface area contributed by atoms with Crippen LogP contribution in [0.5, 0.6) is 0 Å². The van der Waals surface area contributed by atoms with E-state index in [4.69, 9.17) is 15.0 Å². The highest BCUT2D eigenvalue weighted by Crippen LogP contribution is 2.21. The molecule has 0 fully saturated rings. The number of nitrogens with zero attached hydrogens (tertiary/aromatic N) is 4. The van der Waals surface area contributed by atoms with Crippen molar-refractivity contribution in [3.63, 3.8) is 0 Å². The molecule has 8 nitrogen and oxygen atoms in total. The summed E-state index contributed by atoms with van der Waals surface area (Å²) in [5, 5.41) is 0. The van der Waals surface area contributed by atoms with Crippen LogP contribution in [0.4, 0.5) is 0 Å². The van der Waals surface area contributed by atoms with Gasteiger partial charge in [-0.3, -0.25) is 0 Å². The Bertz CT molecular complexity index is 1450. The Morgan fingerprint density at radius 3 is 1.60 bits per heavy atom. The first kappa shape index (κ1) is 22.8. The largest absolute Gasteiger partial charge is 0.346 e. The summed E-state index contributed by atoms with van der Waals surface area (Å²) in [5.41, 5.74) is 9.72. The molecule has 0 saturated heterocycles. The highest BCUT2D eigenvalue weighted by Gasteiger charge is 2.18. The first-order valence-corrected chi connectivity index (χ1v) is 12.0. The van der Waals surface area contributed by atoms with Gasteiger partial charge in [-0.2, -0.15) is 0 Å². The molecule has 180 valence electrons. The lowest BCUT2D eigenvalue weighted by atomic mass is 10.1. The van der Waals surface area contributed by atoms with Gasteiger partial charge < -0.3 is 19.9 Å². The van der Waals surface area contributed by atoms with Crippen molar-refractivity contribution < 1.29 is 0 Å². The van der Waals surface area contributed by atoms with Crippen LogP contribution in [-0.4, -0.2) is 39.9 Å². The number of benzene rings is 1. The number of imidazole rings is 4. The average Bonchev–Trinajstić information content (AvgIpc) is 3.52. The van der Waals surface area contributed by atoms with Crippen LogP contribution < -0.4 is 0 Å². The second-order valence-corrected chi connectivity index (χ2v) is 9.34. The number of aromatic amines is 4. The number of nitrogens with one attached hydrogen (secondary N) is 4. The number of hydrogen-bond acceptors (Lipinski definition) is 4. The standard InChI is InChI=1S/C27H32N8/c1-15-21(30-17(3)28-15)12-23-25(33-18(4)31-23)14-26-24(32-19(5)34-26)13-22-16(2)29-27(35-22)11-20-9-7-6-8-10-20/h6-10H,11-14H2,1-5H3,(H,28,30)(H,29,35)(H,31,33)(H,32,34). The predicted octanol–water partition coefficient (Wildman–Crippen LogP) is 4.48. The zero-order valence-corrected chi connectivity index (χ0v) is 21.0. The van der Waals surface area contributed by atoms with Gasteiger partial charge in [-0.15, -0.1) is 0 Å². The van der Waals surface area contributed by atoms with E-state index in [0.29, 0.717) is 19.3 Å². The molecule has 5 rings (SSSR count). The van der Waals surface area contributed by atoms with E-state index in [-0.39, 0.29) is 0 Å². The van der Waals surface area contributed by atoms with E-state index in [9.17, 15) is 0 Å². The molecule has 0 aliphatic carbocycles. The van der Waals surface area contributed by atoms with E-state index < -0.39 is 0 Å². The summed E-state index contributed by atoms with van der Waals surface area (Å²) in [6.45, 7) is 10.1. The van der Waals surface area contributed by atoms with E-state index in [2.05, 4.69) is 63.0 Å². The zero-order valence-electron chi connectivity index (χ0n) is 21.0. The van der Waals surface area contributed by atoms with Gasteiger partial charge in [0.2, 0.25) is 0 Å². The first-order valence-electron chi connectivity index (χ1n) is 12.0. The molecule has 0 radical (unpaired) electrons. The van der Waals surface area contributed by atoms with Gasteiger partial charge in [0, 0.05) is 48.5 Å². The van der Waals surface area contributed by atoms with Crippen molar-refractivity contribution in [2.45, 2.75) is 60.3 Å². The smallest absolute Gasteiger partial charge is 0.111 e. The molecule has 0 aliphatic heterocycles. The number of rotatable bonds is 8.